The normalized spacial score (nSPS) is 18.4. The molecule has 2 aromatic carbocycles. The zero-order valence-corrected chi connectivity index (χ0v) is 13.8. The molecule has 1 aliphatic rings. The van der Waals surface area contributed by atoms with Crippen LogP contribution in [0.3, 0.4) is 0 Å². The van der Waals surface area contributed by atoms with E-state index in [1.54, 1.807) is 12.1 Å². The third-order valence-corrected chi connectivity index (χ3v) is 4.55. The summed E-state index contributed by atoms with van der Waals surface area (Å²) in [6.07, 6.45) is 2.40. The number of hydrogen-bond donors (Lipinski definition) is 2. The van der Waals surface area contributed by atoms with Crippen molar-refractivity contribution in [3.05, 3.63) is 71.3 Å². The number of carboxylic acids is 1. The first-order valence-electron chi connectivity index (χ1n) is 8.52. The molecule has 2 N–H and O–H groups in total. The second-order valence-corrected chi connectivity index (χ2v) is 6.44. The van der Waals surface area contributed by atoms with Gasteiger partial charge in [0.1, 0.15) is 0 Å². The van der Waals surface area contributed by atoms with Gasteiger partial charge in [-0.3, -0.25) is 4.90 Å². The van der Waals surface area contributed by atoms with E-state index in [9.17, 15) is 4.79 Å². The van der Waals surface area contributed by atoms with Crippen LogP contribution in [-0.2, 0) is 13.1 Å². The number of hydrogen-bond acceptors (Lipinski definition) is 3. The van der Waals surface area contributed by atoms with Crippen LogP contribution in [0.5, 0.6) is 0 Å². The molecule has 0 bridgehead atoms. The highest BCUT2D eigenvalue weighted by Gasteiger charge is 2.19. The number of carboxylic acid groups (broad SMARTS) is 1. The third kappa shape index (κ3) is 4.66. The number of benzene rings is 2. The van der Waals surface area contributed by atoms with Gasteiger partial charge in [0.15, 0.2) is 0 Å². The lowest BCUT2D eigenvalue weighted by Crippen LogP contribution is -2.45. The number of rotatable bonds is 6. The zero-order valence-electron chi connectivity index (χ0n) is 13.8. The number of nitrogens with zero attached hydrogens (tertiary/aromatic N) is 1. The van der Waals surface area contributed by atoms with Crippen LogP contribution in [0.25, 0.3) is 0 Å². The Morgan fingerprint density at radius 3 is 2.54 bits per heavy atom. The summed E-state index contributed by atoms with van der Waals surface area (Å²) in [4.78, 5) is 13.4. The number of aromatic carboxylic acids is 1. The molecule has 1 fully saturated rings. The predicted octanol–water partition coefficient (Wildman–Crippen LogP) is 3.14. The molecule has 4 heteroatoms. The van der Waals surface area contributed by atoms with Crippen molar-refractivity contribution in [1.82, 2.24) is 10.2 Å². The molecule has 0 aliphatic carbocycles. The maximum atomic E-state index is 10.9. The number of likely N-dealkylation sites (tertiary alicyclic amines) is 1. The number of carbonyl (C=O) groups is 1. The fourth-order valence-electron chi connectivity index (χ4n) is 3.23. The van der Waals surface area contributed by atoms with E-state index in [1.807, 2.05) is 12.1 Å². The molecule has 1 aliphatic heterocycles. The molecule has 0 spiro atoms. The van der Waals surface area contributed by atoms with Crippen molar-refractivity contribution in [2.24, 2.45) is 0 Å². The van der Waals surface area contributed by atoms with Gasteiger partial charge in [-0.2, -0.15) is 0 Å². The Kier molecular flexibility index (Phi) is 5.62. The maximum Gasteiger partial charge on any atom is 0.335 e. The smallest absolute Gasteiger partial charge is 0.335 e. The van der Waals surface area contributed by atoms with Crippen LogP contribution in [0.4, 0.5) is 0 Å². The summed E-state index contributed by atoms with van der Waals surface area (Å²) in [5.41, 5.74) is 2.83. The monoisotopic (exact) mass is 324 g/mol. The molecule has 0 amide bonds. The molecule has 0 radical (unpaired) electrons. The first-order chi connectivity index (χ1) is 11.7. The molecule has 24 heavy (non-hydrogen) atoms. The molecule has 2 aromatic rings. The lowest BCUT2D eigenvalue weighted by molar-refractivity contribution is 0.0697. The van der Waals surface area contributed by atoms with Gasteiger partial charge in [-0.25, -0.2) is 4.79 Å². The van der Waals surface area contributed by atoms with Gasteiger partial charge in [-0.1, -0.05) is 42.5 Å². The minimum atomic E-state index is -0.877. The maximum absolute atomic E-state index is 10.9. The van der Waals surface area contributed by atoms with E-state index in [0.717, 1.165) is 31.7 Å². The summed E-state index contributed by atoms with van der Waals surface area (Å²) >= 11 is 0. The van der Waals surface area contributed by atoms with Crippen LogP contribution in [0.2, 0.25) is 0 Å². The quantitative estimate of drug-likeness (QED) is 0.857. The Balaban J connectivity index is 1.49. The summed E-state index contributed by atoms with van der Waals surface area (Å²) in [6, 6.07) is 18.2. The van der Waals surface area contributed by atoms with Gasteiger partial charge in [0.2, 0.25) is 0 Å². The first-order valence-corrected chi connectivity index (χ1v) is 8.52. The van der Waals surface area contributed by atoms with Gasteiger partial charge in [0.25, 0.3) is 0 Å². The molecule has 1 atom stereocenters. The average molecular weight is 324 g/mol. The average Bonchev–Trinajstić information content (AvgIpc) is 2.61. The van der Waals surface area contributed by atoms with E-state index in [-0.39, 0.29) is 0 Å². The minimum absolute atomic E-state index is 0.338. The van der Waals surface area contributed by atoms with Gasteiger partial charge < -0.3 is 10.4 Å². The molecule has 0 saturated carbocycles. The second kappa shape index (κ2) is 8.08. The molecule has 1 unspecified atom stereocenters. The van der Waals surface area contributed by atoms with Crippen molar-refractivity contribution in [2.75, 3.05) is 13.1 Å². The van der Waals surface area contributed by atoms with Crippen molar-refractivity contribution < 1.29 is 9.90 Å². The second-order valence-electron chi connectivity index (χ2n) is 6.44. The Bertz CT molecular complexity index is 655. The van der Waals surface area contributed by atoms with E-state index < -0.39 is 5.97 Å². The van der Waals surface area contributed by atoms with Crippen LogP contribution in [0.15, 0.2) is 54.6 Å². The van der Waals surface area contributed by atoms with Crippen LogP contribution in [0.1, 0.15) is 34.3 Å². The van der Waals surface area contributed by atoms with Crippen LogP contribution >= 0.6 is 0 Å². The molecule has 0 aromatic heterocycles. The van der Waals surface area contributed by atoms with Gasteiger partial charge >= 0.3 is 5.97 Å². The summed E-state index contributed by atoms with van der Waals surface area (Å²) in [5.74, 6) is -0.877. The summed E-state index contributed by atoms with van der Waals surface area (Å²) in [5, 5.41) is 12.6. The lowest BCUT2D eigenvalue weighted by Gasteiger charge is -2.33. The summed E-state index contributed by atoms with van der Waals surface area (Å²) in [7, 11) is 0. The van der Waals surface area contributed by atoms with E-state index in [2.05, 4.69) is 40.5 Å². The van der Waals surface area contributed by atoms with E-state index in [0.29, 0.717) is 11.6 Å². The zero-order chi connectivity index (χ0) is 16.8. The Morgan fingerprint density at radius 1 is 1.08 bits per heavy atom. The molecule has 1 heterocycles. The van der Waals surface area contributed by atoms with Crippen LogP contribution < -0.4 is 5.32 Å². The molecule has 126 valence electrons. The largest absolute Gasteiger partial charge is 0.478 e. The first kappa shape index (κ1) is 16.7. The summed E-state index contributed by atoms with van der Waals surface area (Å²) in [6.45, 7) is 4.00. The molecular weight excluding hydrogens is 300 g/mol. The van der Waals surface area contributed by atoms with Crippen molar-refractivity contribution >= 4 is 5.97 Å². The minimum Gasteiger partial charge on any atom is -0.478 e. The van der Waals surface area contributed by atoms with E-state index in [4.69, 9.17) is 5.11 Å². The number of nitrogens with one attached hydrogen (secondary N) is 1. The van der Waals surface area contributed by atoms with Crippen molar-refractivity contribution in [3.8, 4) is 0 Å². The molecule has 4 nitrogen and oxygen atoms in total. The fraction of sp³-hybridized carbons (Fsp3) is 0.350. The summed E-state index contributed by atoms with van der Waals surface area (Å²) < 4.78 is 0. The van der Waals surface area contributed by atoms with Crippen LogP contribution in [-0.4, -0.2) is 35.1 Å². The standard InChI is InChI=1S/C20H24N2O2/c23-20(24)18-10-8-16(9-11-18)13-21-19-7-4-12-22(15-19)14-17-5-2-1-3-6-17/h1-3,5-6,8-11,19,21H,4,7,12-15H2,(H,23,24). The van der Waals surface area contributed by atoms with Gasteiger partial charge in [0, 0.05) is 25.7 Å². The Hall–Kier alpha value is -2.17. The van der Waals surface area contributed by atoms with E-state index in [1.165, 1.54) is 18.4 Å². The SMILES string of the molecule is O=C(O)c1ccc(CNC2CCCN(Cc3ccccc3)C2)cc1. The van der Waals surface area contributed by atoms with Crippen molar-refractivity contribution in [1.29, 1.82) is 0 Å². The Morgan fingerprint density at radius 2 is 1.83 bits per heavy atom. The molecule has 1 saturated heterocycles. The fourth-order valence-corrected chi connectivity index (χ4v) is 3.23. The Labute approximate surface area is 143 Å². The van der Waals surface area contributed by atoms with Gasteiger partial charge in [-0.15, -0.1) is 0 Å². The highest BCUT2D eigenvalue weighted by molar-refractivity contribution is 5.87. The topological polar surface area (TPSA) is 52.6 Å². The highest BCUT2D eigenvalue weighted by Crippen LogP contribution is 2.14. The third-order valence-electron chi connectivity index (χ3n) is 4.55. The number of piperidine rings is 1. The van der Waals surface area contributed by atoms with Crippen molar-refractivity contribution in [2.45, 2.75) is 32.0 Å². The predicted molar refractivity (Wildman–Crippen MR) is 95.0 cm³/mol. The van der Waals surface area contributed by atoms with Crippen LogP contribution in [0, 0.1) is 0 Å². The molecular formula is C20H24N2O2. The lowest BCUT2D eigenvalue weighted by atomic mass is 10.0. The highest BCUT2D eigenvalue weighted by atomic mass is 16.4. The van der Waals surface area contributed by atoms with Gasteiger partial charge in [-0.05, 0) is 42.6 Å². The molecule has 3 rings (SSSR count). The van der Waals surface area contributed by atoms with Gasteiger partial charge in [0.05, 0.1) is 5.56 Å². The van der Waals surface area contributed by atoms with Crippen molar-refractivity contribution in [3.63, 3.8) is 0 Å². The van der Waals surface area contributed by atoms with E-state index >= 15 is 0 Å².